The molecular weight excluding hydrogens is 234 g/mol. The van der Waals surface area contributed by atoms with Gasteiger partial charge in [0.2, 0.25) is 0 Å². The largest absolute Gasteiger partial charge is 0.490 e. The Labute approximate surface area is 118 Å². The summed E-state index contributed by atoms with van der Waals surface area (Å²) in [5, 5.41) is 0. The molecule has 0 radical (unpaired) electrons. The lowest BCUT2D eigenvalue weighted by molar-refractivity contribution is 0.185. The van der Waals surface area contributed by atoms with E-state index >= 15 is 0 Å². The highest BCUT2D eigenvalue weighted by molar-refractivity contribution is 5.41. The molecule has 1 atom stereocenters. The van der Waals surface area contributed by atoms with Crippen molar-refractivity contribution in [2.24, 2.45) is 5.73 Å². The van der Waals surface area contributed by atoms with Gasteiger partial charge in [-0.1, -0.05) is 46.8 Å². The van der Waals surface area contributed by atoms with Crippen molar-refractivity contribution in [3.05, 3.63) is 29.3 Å². The van der Waals surface area contributed by atoms with Gasteiger partial charge in [0.1, 0.15) is 5.75 Å². The van der Waals surface area contributed by atoms with Crippen LogP contribution >= 0.6 is 0 Å². The topological polar surface area (TPSA) is 35.2 Å². The molecule has 1 rings (SSSR count). The summed E-state index contributed by atoms with van der Waals surface area (Å²) in [5.74, 6) is 1.02. The van der Waals surface area contributed by atoms with Crippen LogP contribution < -0.4 is 10.5 Å². The maximum absolute atomic E-state index is 6.18. The lowest BCUT2D eigenvalue weighted by atomic mass is 9.85. The third-order valence-electron chi connectivity index (χ3n) is 3.50. The van der Waals surface area contributed by atoms with Crippen LogP contribution in [-0.2, 0) is 11.8 Å². The molecule has 0 heterocycles. The second kappa shape index (κ2) is 6.95. The van der Waals surface area contributed by atoms with E-state index < -0.39 is 0 Å². The third kappa shape index (κ3) is 4.54. The molecule has 0 saturated carbocycles. The monoisotopic (exact) mass is 263 g/mol. The lowest BCUT2D eigenvalue weighted by Gasteiger charge is -2.26. The highest BCUT2D eigenvalue weighted by Gasteiger charge is 2.21. The fourth-order valence-electron chi connectivity index (χ4n) is 2.20. The molecule has 2 nitrogen and oxygen atoms in total. The van der Waals surface area contributed by atoms with Gasteiger partial charge in [0.15, 0.2) is 0 Å². The Balaban J connectivity index is 3.05. The van der Waals surface area contributed by atoms with Crippen molar-refractivity contribution in [1.82, 2.24) is 0 Å². The van der Waals surface area contributed by atoms with Crippen molar-refractivity contribution in [3.63, 3.8) is 0 Å². The van der Waals surface area contributed by atoms with Crippen molar-refractivity contribution < 1.29 is 4.74 Å². The van der Waals surface area contributed by atoms with Gasteiger partial charge >= 0.3 is 0 Å². The van der Waals surface area contributed by atoms with Crippen LogP contribution in [-0.4, -0.2) is 12.6 Å². The van der Waals surface area contributed by atoms with Gasteiger partial charge in [-0.15, -0.1) is 0 Å². The molecule has 0 fully saturated rings. The first-order chi connectivity index (χ1) is 8.92. The zero-order valence-electron chi connectivity index (χ0n) is 13.1. The smallest absolute Gasteiger partial charge is 0.123 e. The molecule has 0 spiro atoms. The number of nitrogens with two attached hydrogens (primary N) is 1. The fraction of sp³-hybridized carbons (Fsp3) is 0.647. The summed E-state index contributed by atoms with van der Waals surface area (Å²) in [6, 6.07) is 6.57. The second-order valence-electron chi connectivity index (χ2n) is 6.16. The van der Waals surface area contributed by atoms with E-state index in [1.807, 2.05) is 0 Å². The van der Waals surface area contributed by atoms with Crippen LogP contribution in [0.5, 0.6) is 5.75 Å². The van der Waals surface area contributed by atoms with E-state index in [0.717, 1.165) is 25.0 Å². The SMILES string of the molecule is CCc1ccc(OC(CC)CCN)c(C(C)(C)C)c1. The van der Waals surface area contributed by atoms with Gasteiger partial charge in [0.25, 0.3) is 0 Å². The van der Waals surface area contributed by atoms with E-state index in [1.165, 1.54) is 11.1 Å². The molecule has 1 aromatic carbocycles. The average molecular weight is 263 g/mol. The van der Waals surface area contributed by atoms with Gasteiger partial charge in [0, 0.05) is 0 Å². The van der Waals surface area contributed by atoms with Gasteiger partial charge in [-0.2, -0.15) is 0 Å². The first-order valence-electron chi connectivity index (χ1n) is 7.42. The average Bonchev–Trinajstić information content (AvgIpc) is 2.37. The molecule has 1 aromatic rings. The second-order valence-corrected chi connectivity index (χ2v) is 6.16. The molecular formula is C17H29NO. The number of hydrogen-bond donors (Lipinski definition) is 1. The fourth-order valence-corrected chi connectivity index (χ4v) is 2.20. The molecule has 19 heavy (non-hydrogen) atoms. The van der Waals surface area contributed by atoms with E-state index in [9.17, 15) is 0 Å². The van der Waals surface area contributed by atoms with E-state index in [2.05, 4.69) is 52.8 Å². The summed E-state index contributed by atoms with van der Waals surface area (Å²) in [4.78, 5) is 0. The van der Waals surface area contributed by atoms with E-state index in [4.69, 9.17) is 10.5 Å². The number of hydrogen-bond acceptors (Lipinski definition) is 2. The number of benzene rings is 1. The van der Waals surface area contributed by atoms with Crippen LogP contribution in [0.3, 0.4) is 0 Å². The summed E-state index contributed by atoms with van der Waals surface area (Å²) in [5.41, 5.74) is 8.41. The molecule has 0 amide bonds. The first-order valence-corrected chi connectivity index (χ1v) is 7.42. The van der Waals surface area contributed by atoms with Crippen molar-refractivity contribution in [2.75, 3.05) is 6.54 Å². The summed E-state index contributed by atoms with van der Waals surface area (Å²) >= 11 is 0. The van der Waals surface area contributed by atoms with Crippen molar-refractivity contribution in [1.29, 1.82) is 0 Å². The van der Waals surface area contributed by atoms with Crippen LogP contribution in [0.2, 0.25) is 0 Å². The van der Waals surface area contributed by atoms with E-state index in [-0.39, 0.29) is 11.5 Å². The van der Waals surface area contributed by atoms with Gasteiger partial charge in [0.05, 0.1) is 6.10 Å². The molecule has 0 aliphatic carbocycles. The molecule has 0 aliphatic heterocycles. The summed E-state index contributed by atoms with van der Waals surface area (Å²) in [7, 11) is 0. The zero-order valence-corrected chi connectivity index (χ0v) is 13.1. The lowest BCUT2D eigenvalue weighted by Crippen LogP contribution is -2.22. The molecule has 0 bridgehead atoms. The van der Waals surface area contributed by atoms with Crippen molar-refractivity contribution in [3.8, 4) is 5.75 Å². The minimum Gasteiger partial charge on any atom is -0.490 e. The minimum atomic E-state index is 0.0987. The van der Waals surface area contributed by atoms with Crippen LogP contribution in [0.25, 0.3) is 0 Å². The Bertz CT molecular complexity index is 393. The van der Waals surface area contributed by atoms with E-state index in [0.29, 0.717) is 6.54 Å². The molecule has 0 aliphatic rings. The van der Waals surface area contributed by atoms with Crippen LogP contribution in [0, 0.1) is 0 Å². The third-order valence-corrected chi connectivity index (χ3v) is 3.50. The summed E-state index contributed by atoms with van der Waals surface area (Å²) in [6.45, 7) is 11.7. The van der Waals surface area contributed by atoms with Crippen LogP contribution in [0.4, 0.5) is 0 Å². The van der Waals surface area contributed by atoms with Gasteiger partial charge < -0.3 is 10.5 Å². The molecule has 0 saturated heterocycles. The minimum absolute atomic E-state index is 0.0987. The standard InChI is InChI=1S/C17H29NO/c1-6-13-8-9-16(15(12-13)17(3,4)5)19-14(7-2)10-11-18/h8-9,12,14H,6-7,10-11,18H2,1-5H3. The normalized spacial score (nSPS) is 13.4. The zero-order chi connectivity index (χ0) is 14.5. The highest BCUT2D eigenvalue weighted by Crippen LogP contribution is 2.33. The first kappa shape index (κ1) is 16.0. The van der Waals surface area contributed by atoms with Gasteiger partial charge in [-0.05, 0) is 48.4 Å². The highest BCUT2D eigenvalue weighted by atomic mass is 16.5. The quantitative estimate of drug-likeness (QED) is 0.840. The molecule has 1 unspecified atom stereocenters. The number of rotatable bonds is 6. The van der Waals surface area contributed by atoms with Gasteiger partial charge in [-0.25, -0.2) is 0 Å². The molecule has 2 N–H and O–H groups in total. The Kier molecular flexibility index (Phi) is 5.86. The Morgan fingerprint density at radius 1 is 1.21 bits per heavy atom. The Morgan fingerprint density at radius 3 is 2.37 bits per heavy atom. The number of ether oxygens (including phenoxy) is 1. The molecule has 108 valence electrons. The van der Waals surface area contributed by atoms with Gasteiger partial charge in [-0.3, -0.25) is 0 Å². The maximum atomic E-state index is 6.18. The summed E-state index contributed by atoms with van der Waals surface area (Å²) < 4.78 is 6.18. The summed E-state index contributed by atoms with van der Waals surface area (Å²) in [6.07, 6.45) is 3.19. The number of aryl methyl sites for hydroxylation is 1. The Morgan fingerprint density at radius 2 is 1.89 bits per heavy atom. The predicted molar refractivity (Wildman–Crippen MR) is 82.9 cm³/mol. The predicted octanol–water partition coefficient (Wildman–Crippen LogP) is 4.05. The van der Waals surface area contributed by atoms with Crippen LogP contribution in [0.15, 0.2) is 18.2 Å². The molecule has 0 aromatic heterocycles. The Hall–Kier alpha value is -1.02. The van der Waals surface area contributed by atoms with Crippen molar-refractivity contribution in [2.45, 2.75) is 65.4 Å². The van der Waals surface area contributed by atoms with E-state index in [1.54, 1.807) is 0 Å². The van der Waals surface area contributed by atoms with Crippen LogP contribution in [0.1, 0.15) is 58.6 Å². The maximum Gasteiger partial charge on any atom is 0.123 e. The molecule has 2 heteroatoms. The van der Waals surface area contributed by atoms with Crippen molar-refractivity contribution >= 4 is 0 Å².